The lowest BCUT2D eigenvalue weighted by molar-refractivity contribution is -0.122. The van der Waals surface area contributed by atoms with Gasteiger partial charge in [0.05, 0.1) is 11.9 Å². The van der Waals surface area contributed by atoms with Crippen molar-refractivity contribution in [1.29, 1.82) is 0 Å². The Morgan fingerprint density at radius 2 is 1.55 bits per heavy atom. The van der Waals surface area contributed by atoms with Crippen LogP contribution in [0.2, 0.25) is 10.0 Å². The summed E-state index contributed by atoms with van der Waals surface area (Å²) < 4.78 is 30.8. The van der Waals surface area contributed by atoms with Gasteiger partial charge < -0.3 is 10.6 Å². The Balaban J connectivity index is 1.49. The third-order valence-corrected chi connectivity index (χ3v) is 9.88. The van der Waals surface area contributed by atoms with Gasteiger partial charge in [0.25, 0.3) is 15.9 Å². The van der Waals surface area contributed by atoms with Gasteiger partial charge in [-0.25, -0.2) is 33.1 Å². The van der Waals surface area contributed by atoms with E-state index in [0.717, 1.165) is 11.1 Å². The third kappa shape index (κ3) is 4.49. The first kappa shape index (κ1) is 28.1. The highest BCUT2D eigenvalue weighted by molar-refractivity contribution is 7.89. The minimum absolute atomic E-state index is 0.0396. The minimum atomic E-state index is -4.16. The van der Waals surface area contributed by atoms with Gasteiger partial charge in [0.15, 0.2) is 10.6 Å². The fraction of sp³-hybridized carbons (Fsp3) is 0.222. The molecule has 42 heavy (non-hydrogen) atoms. The molecule has 4 heterocycles. The summed E-state index contributed by atoms with van der Waals surface area (Å²) in [5, 5.41) is 0.426. The number of anilines is 2. The Morgan fingerprint density at radius 1 is 0.929 bits per heavy atom. The zero-order valence-corrected chi connectivity index (χ0v) is 24.5. The lowest BCUT2D eigenvalue weighted by Crippen LogP contribution is -2.52. The molecular formula is C27H24Cl2N8O4S. The molecule has 2 aromatic carbocycles. The molecule has 15 heteroatoms. The number of primary amides is 1. The number of benzene rings is 2. The van der Waals surface area contributed by atoms with Crippen LogP contribution < -0.4 is 10.6 Å². The van der Waals surface area contributed by atoms with E-state index >= 15 is 0 Å². The van der Waals surface area contributed by atoms with E-state index in [2.05, 4.69) is 15.0 Å². The molecule has 1 saturated heterocycles. The molecule has 2 aliphatic heterocycles. The van der Waals surface area contributed by atoms with Crippen molar-refractivity contribution < 1.29 is 18.0 Å². The smallest absolute Gasteiger partial charge is 0.314 e. The molecular weight excluding hydrogens is 603 g/mol. The zero-order chi connectivity index (χ0) is 29.8. The van der Waals surface area contributed by atoms with Gasteiger partial charge in [-0.05, 0) is 36.2 Å². The van der Waals surface area contributed by atoms with Crippen molar-refractivity contribution in [3.63, 3.8) is 0 Å². The van der Waals surface area contributed by atoms with Gasteiger partial charge in [0.1, 0.15) is 6.33 Å². The first-order valence-electron chi connectivity index (χ1n) is 12.8. The summed E-state index contributed by atoms with van der Waals surface area (Å²) in [7, 11) is -4.16. The van der Waals surface area contributed by atoms with Crippen LogP contribution in [0.1, 0.15) is 12.5 Å². The number of nitrogens with two attached hydrogens (primary N) is 1. The second-order valence-corrected chi connectivity index (χ2v) is 12.8. The number of urea groups is 1. The number of imidazole rings is 1. The van der Waals surface area contributed by atoms with Gasteiger partial charge in [0.2, 0.25) is 5.95 Å². The van der Waals surface area contributed by atoms with Crippen LogP contribution in [0.25, 0.3) is 11.1 Å². The monoisotopic (exact) mass is 626 g/mol. The molecule has 1 atom stereocenters. The van der Waals surface area contributed by atoms with Gasteiger partial charge in [0, 0.05) is 54.2 Å². The summed E-state index contributed by atoms with van der Waals surface area (Å²) >= 11 is 12.6. The van der Waals surface area contributed by atoms with E-state index in [9.17, 15) is 18.0 Å². The van der Waals surface area contributed by atoms with E-state index in [-0.39, 0.29) is 37.2 Å². The number of hydrogen-bond donors (Lipinski definition) is 1. The number of halogens is 2. The predicted octanol–water partition coefficient (Wildman–Crippen LogP) is 3.47. The molecule has 0 aliphatic carbocycles. The highest BCUT2D eigenvalue weighted by atomic mass is 35.5. The molecule has 216 valence electrons. The van der Waals surface area contributed by atoms with Crippen molar-refractivity contribution in [2.75, 3.05) is 31.1 Å². The number of carbonyl (C=O) groups is 2. The van der Waals surface area contributed by atoms with Crippen molar-refractivity contribution in [3.8, 4) is 11.1 Å². The van der Waals surface area contributed by atoms with Crippen molar-refractivity contribution in [1.82, 2.24) is 28.7 Å². The summed E-state index contributed by atoms with van der Waals surface area (Å²) in [6.07, 6.45) is 6.02. The Morgan fingerprint density at radius 3 is 2.14 bits per heavy atom. The summed E-state index contributed by atoms with van der Waals surface area (Å²) in [6, 6.07) is 11.2. The standard InChI is InChI=1S/C27H24Cl2N8O4S/c1-27(19-4-2-17(3-5-19)18-13-31-16-32-14-18)24(38)36(22-11-20(28)10-21(29)12-22)26-33-15-23(37(26)27)42(40,41)35-8-6-34(7-9-35)25(30)39/h2-5,10-16H,6-9H2,1H3,(H2,30,39)/t27-/m1/s1. The Labute approximate surface area is 251 Å². The van der Waals surface area contributed by atoms with Crippen LogP contribution in [-0.2, 0) is 20.4 Å². The van der Waals surface area contributed by atoms with Gasteiger partial charge in [-0.3, -0.25) is 9.36 Å². The first-order chi connectivity index (χ1) is 20.0. The number of amides is 3. The van der Waals surface area contributed by atoms with E-state index < -0.39 is 27.5 Å². The molecule has 2 aliphatic rings. The number of fused-ring (bicyclic) bond motifs is 1. The first-order valence-corrected chi connectivity index (χ1v) is 15.0. The van der Waals surface area contributed by atoms with Crippen molar-refractivity contribution in [2.45, 2.75) is 17.5 Å². The number of nitrogens with zero attached hydrogens (tertiary/aromatic N) is 7. The van der Waals surface area contributed by atoms with Gasteiger partial charge in [-0.1, -0.05) is 47.5 Å². The normalized spacial score (nSPS) is 19.3. The van der Waals surface area contributed by atoms with Crippen LogP contribution in [0, 0.1) is 0 Å². The Bertz CT molecular complexity index is 1790. The second-order valence-electron chi connectivity index (χ2n) is 10.0. The predicted molar refractivity (Wildman–Crippen MR) is 156 cm³/mol. The van der Waals surface area contributed by atoms with Crippen molar-refractivity contribution >= 4 is 56.8 Å². The average molecular weight is 628 g/mol. The van der Waals surface area contributed by atoms with Gasteiger partial charge >= 0.3 is 6.03 Å². The molecule has 12 nitrogen and oxygen atoms in total. The Hall–Kier alpha value is -4.04. The van der Waals surface area contributed by atoms with Crippen molar-refractivity contribution in [2.24, 2.45) is 5.73 Å². The quantitative estimate of drug-likeness (QED) is 0.356. The van der Waals surface area contributed by atoms with Gasteiger partial charge in [-0.15, -0.1) is 0 Å². The van der Waals surface area contributed by atoms with E-state index in [4.69, 9.17) is 28.9 Å². The molecule has 0 unspecified atom stereocenters. The van der Waals surface area contributed by atoms with E-state index in [1.807, 2.05) is 12.1 Å². The SMILES string of the molecule is C[C@@]1(c2ccc(-c3cncnc3)cc2)C(=O)N(c2cc(Cl)cc(Cl)c2)c2ncc(S(=O)(=O)N3CCN(C(N)=O)CC3)n21. The van der Waals surface area contributed by atoms with Gasteiger partial charge in [-0.2, -0.15) is 4.31 Å². The van der Waals surface area contributed by atoms with Crippen LogP contribution >= 0.6 is 23.2 Å². The van der Waals surface area contributed by atoms with Crippen LogP contribution in [0.15, 0.2) is 72.4 Å². The molecule has 1 fully saturated rings. The Kier molecular flexibility index (Phi) is 6.92. The maximum Gasteiger partial charge on any atom is 0.314 e. The second kappa shape index (κ2) is 10.3. The van der Waals surface area contributed by atoms with E-state index in [1.54, 1.807) is 43.6 Å². The summed E-state index contributed by atoms with van der Waals surface area (Å²) in [6.45, 7) is 2.01. The lowest BCUT2D eigenvalue weighted by atomic mass is 9.90. The number of piperazine rings is 1. The molecule has 2 N–H and O–H groups in total. The van der Waals surface area contributed by atoms with E-state index in [1.165, 1.54) is 37.3 Å². The zero-order valence-electron chi connectivity index (χ0n) is 22.2. The molecule has 2 aromatic heterocycles. The molecule has 3 amide bonds. The number of hydrogen-bond acceptors (Lipinski definition) is 7. The maximum absolute atomic E-state index is 14.4. The average Bonchev–Trinajstić information content (AvgIpc) is 3.51. The molecule has 0 radical (unpaired) electrons. The van der Waals surface area contributed by atoms with E-state index in [0.29, 0.717) is 21.3 Å². The number of aromatic nitrogens is 4. The third-order valence-electron chi connectivity index (χ3n) is 7.58. The molecule has 0 saturated carbocycles. The van der Waals surface area contributed by atoms with Crippen LogP contribution in [0.4, 0.5) is 16.4 Å². The van der Waals surface area contributed by atoms with Crippen LogP contribution in [0.5, 0.6) is 0 Å². The fourth-order valence-electron chi connectivity index (χ4n) is 5.36. The molecule has 4 aromatic rings. The number of rotatable bonds is 5. The highest BCUT2D eigenvalue weighted by Crippen LogP contribution is 2.46. The van der Waals surface area contributed by atoms with Crippen LogP contribution in [0.3, 0.4) is 0 Å². The fourth-order valence-corrected chi connectivity index (χ4v) is 7.47. The summed E-state index contributed by atoms with van der Waals surface area (Å²) in [5.74, 6) is -0.356. The summed E-state index contributed by atoms with van der Waals surface area (Å²) in [4.78, 5) is 41.2. The largest absolute Gasteiger partial charge is 0.351 e. The summed E-state index contributed by atoms with van der Waals surface area (Å²) in [5.41, 5.74) is 6.32. The van der Waals surface area contributed by atoms with Crippen LogP contribution in [-0.4, -0.2) is 75.3 Å². The van der Waals surface area contributed by atoms with Crippen molar-refractivity contribution in [3.05, 3.63) is 83.0 Å². The minimum Gasteiger partial charge on any atom is -0.351 e. The topological polar surface area (TPSA) is 148 Å². The maximum atomic E-state index is 14.4. The molecule has 0 spiro atoms. The molecule has 6 rings (SSSR count). The number of sulfonamides is 1. The number of carbonyl (C=O) groups excluding carboxylic acids is 2. The lowest BCUT2D eigenvalue weighted by Gasteiger charge is -2.34. The molecule has 0 bridgehead atoms. The highest BCUT2D eigenvalue weighted by Gasteiger charge is 2.53.